The molecule has 0 radical (unpaired) electrons. The summed E-state index contributed by atoms with van der Waals surface area (Å²) in [6, 6.07) is 5.18. The Morgan fingerprint density at radius 1 is 1.20 bits per heavy atom. The number of carbonyl (C=O) groups is 2. The molecule has 1 aliphatic rings. The number of hydrogen-bond donors (Lipinski definition) is 1. The van der Waals surface area contributed by atoms with E-state index >= 15 is 0 Å². The lowest BCUT2D eigenvalue weighted by Crippen LogP contribution is -2.67. The summed E-state index contributed by atoms with van der Waals surface area (Å²) in [6.45, 7) is 8.41. The number of likely N-dealkylation sites (tertiary alicyclic amines) is 1. The van der Waals surface area contributed by atoms with Gasteiger partial charge in [0.1, 0.15) is 29.8 Å². The Labute approximate surface area is 180 Å². The third-order valence-electron chi connectivity index (χ3n) is 5.86. The van der Waals surface area contributed by atoms with Gasteiger partial charge in [-0.15, -0.1) is 0 Å². The number of hydrogen-bond acceptors (Lipinski definition) is 6. The number of nitrogens with two attached hydrogens (primary N) is 1. The molecular formula is C23H37N2O5+. The highest BCUT2D eigenvalue weighted by Crippen LogP contribution is 2.33. The molecule has 1 aromatic carbocycles. The van der Waals surface area contributed by atoms with Crippen LogP contribution < -0.4 is 15.2 Å². The standard InChI is InChI=1S/C23H37N2O5/c1-7-16(30-22(27)23(2,3)4)15-25(13-9-8-10-20(25)24)21(26)18-12-11-17(28-5)14-19(18)29-6/h11-12,14,16,20H,7-10,13,15,24H2,1-6H3/q+1. The molecule has 1 saturated heterocycles. The highest BCUT2D eigenvalue weighted by Gasteiger charge is 2.48. The molecule has 3 atom stereocenters. The van der Waals surface area contributed by atoms with Gasteiger partial charge in [0, 0.05) is 12.5 Å². The Kier molecular flexibility index (Phi) is 7.88. The van der Waals surface area contributed by atoms with Gasteiger partial charge in [-0.2, -0.15) is 0 Å². The van der Waals surface area contributed by atoms with Gasteiger partial charge in [0.25, 0.3) is 0 Å². The van der Waals surface area contributed by atoms with Crippen molar-refractivity contribution in [3.63, 3.8) is 0 Å². The number of amides is 1. The van der Waals surface area contributed by atoms with Gasteiger partial charge in [0.05, 0.1) is 26.2 Å². The summed E-state index contributed by atoms with van der Waals surface area (Å²) in [6.07, 6.45) is 2.47. The third-order valence-corrected chi connectivity index (χ3v) is 5.86. The number of benzene rings is 1. The summed E-state index contributed by atoms with van der Waals surface area (Å²) >= 11 is 0. The maximum atomic E-state index is 13.9. The van der Waals surface area contributed by atoms with Crippen molar-refractivity contribution in [3.8, 4) is 11.5 Å². The first-order chi connectivity index (χ1) is 14.1. The van der Waals surface area contributed by atoms with E-state index in [9.17, 15) is 9.59 Å². The molecule has 3 unspecified atom stereocenters. The molecule has 1 heterocycles. The molecule has 0 aliphatic carbocycles. The van der Waals surface area contributed by atoms with Crippen molar-refractivity contribution >= 4 is 11.9 Å². The van der Waals surface area contributed by atoms with Crippen LogP contribution in [0.15, 0.2) is 18.2 Å². The largest absolute Gasteiger partial charge is 0.497 e. The maximum Gasteiger partial charge on any atom is 0.351 e. The van der Waals surface area contributed by atoms with Crippen LogP contribution >= 0.6 is 0 Å². The van der Waals surface area contributed by atoms with E-state index in [1.807, 2.05) is 27.7 Å². The molecule has 2 rings (SSSR count). The summed E-state index contributed by atoms with van der Waals surface area (Å²) < 4.78 is 16.6. The van der Waals surface area contributed by atoms with Crippen LogP contribution in [0.25, 0.3) is 0 Å². The molecule has 7 nitrogen and oxygen atoms in total. The lowest BCUT2D eigenvalue weighted by atomic mass is 9.97. The van der Waals surface area contributed by atoms with Gasteiger partial charge in [-0.05, 0) is 52.2 Å². The maximum absolute atomic E-state index is 13.9. The predicted octanol–water partition coefficient (Wildman–Crippen LogP) is 3.50. The van der Waals surface area contributed by atoms with E-state index in [0.717, 1.165) is 19.3 Å². The summed E-state index contributed by atoms with van der Waals surface area (Å²) in [5, 5.41) is 0. The smallest absolute Gasteiger partial charge is 0.351 e. The van der Waals surface area contributed by atoms with E-state index in [1.165, 1.54) is 7.11 Å². The highest BCUT2D eigenvalue weighted by atomic mass is 16.5. The average molecular weight is 422 g/mol. The van der Waals surface area contributed by atoms with Crippen molar-refractivity contribution in [3.05, 3.63) is 23.8 Å². The minimum atomic E-state index is -0.606. The number of carbonyl (C=O) groups excluding carboxylic acids is 2. The van der Waals surface area contributed by atoms with Crippen molar-refractivity contribution < 1.29 is 28.3 Å². The van der Waals surface area contributed by atoms with Crippen LogP contribution in [-0.2, 0) is 9.53 Å². The zero-order valence-corrected chi connectivity index (χ0v) is 19.2. The quantitative estimate of drug-likeness (QED) is 0.536. The number of methoxy groups -OCH3 is 2. The van der Waals surface area contributed by atoms with E-state index in [-0.39, 0.29) is 22.5 Å². The lowest BCUT2D eigenvalue weighted by molar-refractivity contribution is -0.882. The van der Waals surface area contributed by atoms with Gasteiger partial charge in [0.2, 0.25) is 0 Å². The van der Waals surface area contributed by atoms with Crippen LogP contribution in [0, 0.1) is 5.41 Å². The van der Waals surface area contributed by atoms with E-state index < -0.39 is 11.5 Å². The molecule has 0 saturated carbocycles. The minimum Gasteiger partial charge on any atom is -0.497 e. The average Bonchev–Trinajstić information content (AvgIpc) is 2.72. The normalized spacial score (nSPS) is 22.8. The van der Waals surface area contributed by atoms with Gasteiger partial charge in [-0.25, -0.2) is 9.28 Å². The Morgan fingerprint density at radius 3 is 2.43 bits per heavy atom. The zero-order chi connectivity index (χ0) is 22.5. The lowest BCUT2D eigenvalue weighted by Gasteiger charge is -2.45. The molecular weight excluding hydrogens is 384 g/mol. The van der Waals surface area contributed by atoms with Gasteiger partial charge < -0.3 is 14.2 Å². The van der Waals surface area contributed by atoms with Gasteiger partial charge in [-0.1, -0.05) is 6.92 Å². The minimum absolute atomic E-state index is 0.0542. The van der Waals surface area contributed by atoms with Gasteiger partial charge in [0.15, 0.2) is 6.10 Å². The van der Waals surface area contributed by atoms with E-state index in [2.05, 4.69) is 0 Å². The fourth-order valence-corrected chi connectivity index (χ4v) is 3.88. The topological polar surface area (TPSA) is 87.8 Å². The Balaban J connectivity index is 2.42. The third kappa shape index (κ3) is 5.13. The summed E-state index contributed by atoms with van der Waals surface area (Å²) in [5.74, 6) is 0.692. The Bertz CT molecular complexity index is 758. The molecule has 1 amide bonds. The van der Waals surface area contributed by atoms with Crippen molar-refractivity contribution in [2.45, 2.75) is 65.6 Å². The second-order valence-corrected chi connectivity index (χ2v) is 9.06. The number of rotatable bonds is 7. The summed E-state index contributed by atoms with van der Waals surface area (Å²) in [4.78, 5) is 26.4. The predicted molar refractivity (Wildman–Crippen MR) is 115 cm³/mol. The van der Waals surface area contributed by atoms with Gasteiger partial charge >= 0.3 is 11.9 Å². The van der Waals surface area contributed by atoms with E-state index in [4.69, 9.17) is 19.9 Å². The van der Waals surface area contributed by atoms with Crippen molar-refractivity contribution in [1.29, 1.82) is 0 Å². The number of ether oxygens (including phenoxy) is 3. The number of quaternary nitrogens is 1. The molecule has 1 aromatic rings. The number of piperidine rings is 1. The Morgan fingerprint density at radius 2 is 1.90 bits per heavy atom. The van der Waals surface area contributed by atoms with Crippen LogP contribution in [0.5, 0.6) is 11.5 Å². The van der Waals surface area contributed by atoms with Crippen LogP contribution in [0.2, 0.25) is 0 Å². The molecule has 0 aromatic heterocycles. The highest BCUT2D eigenvalue weighted by molar-refractivity contribution is 5.92. The second-order valence-electron chi connectivity index (χ2n) is 9.06. The summed E-state index contributed by atoms with van der Waals surface area (Å²) in [7, 11) is 3.10. The van der Waals surface area contributed by atoms with Crippen LogP contribution in [0.4, 0.5) is 0 Å². The van der Waals surface area contributed by atoms with Crippen molar-refractivity contribution in [2.24, 2.45) is 11.1 Å². The molecule has 1 aliphatic heterocycles. The molecule has 0 bridgehead atoms. The molecule has 168 valence electrons. The van der Waals surface area contributed by atoms with E-state index in [1.54, 1.807) is 25.3 Å². The van der Waals surface area contributed by atoms with Gasteiger partial charge in [-0.3, -0.25) is 10.5 Å². The number of nitrogens with zero attached hydrogens (tertiary/aromatic N) is 1. The van der Waals surface area contributed by atoms with Crippen molar-refractivity contribution in [1.82, 2.24) is 0 Å². The second kappa shape index (κ2) is 9.79. The fraction of sp³-hybridized carbons (Fsp3) is 0.652. The molecule has 0 spiro atoms. The fourth-order valence-electron chi connectivity index (χ4n) is 3.88. The van der Waals surface area contributed by atoms with Crippen LogP contribution in [0.1, 0.15) is 63.7 Å². The van der Waals surface area contributed by atoms with Crippen molar-refractivity contribution in [2.75, 3.05) is 27.3 Å². The van der Waals surface area contributed by atoms with Crippen LogP contribution in [0.3, 0.4) is 0 Å². The first-order valence-electron chi connectivity index (χ1n) is 10.7. The van der Waals surface area contributed by atoms with E-state index in [0.29, 0.717) is 36.6 Å². The molecule has 30 heavy (non-hydrogen) atoms. The Hall–Kier alpha value is -2.12. The first kappa shape index (κ1) is 24.2. The first-order valence-corrected chi connectivity index (χ1v) is 10.7. The zero-order valence-electron chi connectivity index (χ0n) is 19.2. The molecule has 1 fully saturated rings. The monoisotopic (exact) mass is 421 g/mol. The van der Waals surface area contributed by atoms with Crippen LogP contribution in [-0.4, -0.2) is 55.9 Å². The molecule has 7 heteroatoms. The number of esters is 1. The summed E-state index contributed by atoms with van der Waals surface area (Å²) in [5.41, 5.74) is 6.42. The molecule has 2 N–H and O–H groups in total. The SMILES string of the molecule is CCC(C[N+]1(C(=O)c2ccc(OC)cc2OC)CCCCC1N)OC(=O)C(C)(C)C.